The molecule has 0 saturated carbocycles. The molecule has 102 valence electrons. The number of pyridine rings is 1. The Balaban J connectivity index is 2.24. The average Bonchev–Trinajstić information content (AvgIpc) is 2.75. The van der Waals surface area contributed by atoms with Gasteiger partial charge in [0, 0.05) is 23.7 Å². The highest BCUT2D eigenvalue weighted by Gasteiger charge is 2.16. The fourth-order valence-corrected chi connectivity index (χ4v) is 3.11. The Bertz CT molecular complexity index is 531. The molecule has 1 unspecified atom stereocenters. The van der Waals surface area contributed by atoms with Crippen LogP contribution < -0.4 is 11.3 Å². The third-order valence-electron chi connectivity index (χ3n) is 3.35. The Morgan fingerprint density at radius 3 is 2.79 bits per heavy atom. The third kappa shape index (κ3) is 3.18. The van der Waals surface area contributed by atoms with Crippen LogP contribution in [0.3, 0.4) is 0 Å². The molecule has 0 fully saturated rings. The van der Waals surface area contributed by atoms with Gasteiger partial charge in [-0.3, -0.25) is 16.3 Å². The number of nitrogens with zero attached hydrogens (tertiary/aromatic N) is 2. The van der Waals surface area contributed by atoms with Gasteiger partial charge < -0.3 is 0 Å². The van der Waals surface area contributed by atoms with Crippen molar-refractivity contribution in [1.29, 1.82) is 0 Å². The molecule has 0 aliphatic carbocycles. The summed E-state index contributed by atoms with van der Waals surface area (Å²) in [7, 11) is 0. The normalized spacial score (nSPS) is 12.6. The topological polar surface area (TPSA) is 63.8 Å². The molecule has 2 aromatic rings. The van der Waals surface area contributed by atoms with E-state index >= 15 is 0 Å². The van der Waals surface area contributed by atoms with Crippen LogP contribution in [0.5, 0.6) is 0 Å². The first-order valence-corrected chi connectivity index (χ1v) is 7.29. The second kappa shape index (κ2) is 6.23. The number of nitrogens with two attached hydrogens (primary N) is 1. The number of rotatable bonds is 5. The minimum atomic E-state index is 0.0860. The summed E-state index contributed by atoms with van der Waals surface area (Å²) < 4.78 is 0. The molecule has 0 spiro atoms. The van der Waals surface area contributed by atoms with Crippen molar-refractivity contribution in [3.8, 4) is 0 Å². The van der Waals surface area contributed by atoms with E-state index in [0.717, 1.165) is 23.5 Å². The van der Waals surface area contributed by atoms with Crippen molar-refractivity contribution in [2.45, 2.75) is 39.7 Å². The van der Waals surface area contributed by atoms with Crippen molar-refractivity contribution in [3.63, 3.8) is 0 Å². The molecule has 4 nitrogen and oxygen atoms in total. The molecular weight excluding hydrogens is 256 g/mol. The lowest BCUT2D eigenvalue weighted by Gasteiger charge is -2.17. The first kappa shape index (κ1) is 14.1. The fraction of sp³-hybridized carbons (Fsp3) is 0.429. The molecule has 0 radical (unpaired) electrons. The van der Waals surface area contributed by atoms with Crippen LogP contribution in [0.1, 0.15) is 39.7 Å². The Morgan fingerprint density at radius 1 is 1.42 bits per heavy atom. The van der Waals surface area contributed by atoms with Gasteiger partial charge in [-0.25, -0.2) is 4.98 Å². The summed E-state index contributed by atoms with van der Waals surface area (Å²) in [6, 6.07) is 2.12. The van der Waals surface area contributed by atoms with Gasteiger partial charge in [-0.1, -0.05) is 6.92 Å². The monoisotopic (exact) mass is 276 g/mol. The van der Waals surface area contributed by atoms with Crippen molar-refractivity contribution < 1.29 is 0 Å². The minimum absolute atomic E-state index is 0.0860. The molecule has 0 aromatic carbocycles. The first-order valence-electron chi connectivity index (χ1n) is 6.47. The van der Waals surface area contributed by atoms with Gasteiger partial charge in [-0.15, -0.1) is 11.3 Å². The van der Waals surface area contributed by atoms with E-state index in [0.29, 0.717) is 0 Å². The molecular formula is C14H20N4S. The molecule has 2 rings (SSSR count). The van der Waals surface area contributed by atoms with Crippen LogP contribution in [0, 0.1) is 13.8 Å². The van der Waals surface area contributed by atoms with Gasteiger partial charge in [0.15, 0.2) is 0 Å². The van der Waals surface area contributed by atoms with E-state index < -0.39 is 0 Å². The summed E-state index contributed by atoms with van der Waals surface area (Å²) in [5.41, 5.74) is 6.47. The summed E-state index contributed by atoms with van der Waals surface area (Å²) in [6.07, 6.45) is 5.50. The van der Waals surface area contributed by atoms with Crippen molar-refractivity contribution in [2.24, 2.45) is 5.84 Å². The minimum Gasteiger partial charge on any atom is -0.271 e. The maximum absolute atomic E-state index is 5.73. The maximum atomic E-state index is 5.73. The van der Waals surface area contributed by atoms with E-state index in [1.165, 1.54) is 16.0 Å². The second-order valence-corrected chi connectivity index (χ2v) is 5.89. The first-order chi connectivity index (χ1) is 9.15. The van der Waals surface area contributed by atoms with Crippen molar-refractivity contribution in [1.82, 2.24) is 15.4 Å². The van der Waals surface area contributed by atoms with Crippen molar-refractivity contribution in [2.75, 3.05) is 0 Å². The predicted molar refractivity (Wildman–Crippen MR) is 79.0 cm³/mol. The lowest BCUT2D eigenvalue weighted by molar-refractivity contribution is 0.545. The fourth-order valence-electron chi connectivity index (χ4n) is 2.13. The summed E-state index contributed by atoms with van der Waals surface area (Å²) in [5, 5.41) is 1.12. The van der Waals surface area contributed by atoms with E-state index in [9.17, 15) is 0 Å². The van der Waals surface area contributed by atoms with Crippen LogP contribution in [-0.4, -0.2) is 9.97 Å². The average molecular weight is 276 g/mol. The summed E-state index contributed by atoms with van der Waals surface area (Å²) in [6.45, 7) is 6.28. The molecule has 3 N–H and O–H groups in total. The number of hydrazine groups is 1. The van der Waals surface area contributed by atoms with Crippen LogP contribution in [-0.2, 0) is 12.8 Å². The number of aromatic nitrogens is 2. The number of hydrogen-bond donors (Lipinski definition) is 2. The molecule has 0 bridgehead atoms. The highest BCUT2D eigenvalue weighted by molar-refractivity contribution is 7.11. The summed E-state index contributed by atoms with van der Waals surface area (Å²) in [4.78, 5) is 10.0. The molecule has 5 heteroatoms. The second-order valence-electron chi connectivity index (χ2n) is 4.60. The molecule has 2 heterocycles. The van der Waals surface area contributed by atoms with Gasteiger partial charge in [0.25, 0.3) is 0 Å². The lowest BCUT2D eigenvalue weighted by Crippen LogP contribution is -2.30. The summed E-state index contributed by atoms with van der Waals surface area (Å²) >= 11 is 1.74. The van der Waals surface area contributed by atoms with Crippen LogP contribution in [0.25, 0.3) is 0 Å². The van der Waals surface area contributed by atoms with Gasteiger partial charge >= 0.3 is 0 Å². The van der Waals surface area contributed by atoms with Gasteiger partial charge in [0.1, 0.15) is 0 Å². The zero-order chi connectivity index (χ0) is 13.8. The summed E-state index contributed by atoms with van der Waals surface area (Å²) in [5.74, 6) is 5.73. The molecule has 0 amide bonds. The van der Waals surface area contributed by atoms with Gasteiger partial charge in [0.05, 0.1) is 16.7 Å². The van der Waals surface area contributed by atoms with Crippen LogP contribution in [0.2, 0.25) is 0 Å². The molecule has 19 heavy (non-hydrogen) atoms. The van der Waals surface area contributed by atoms with Crippen molar-refractivity contribution in [3.05, 3.63) is 45.2 Å². The van der Waals surface area contributed by atoms with E-state index in [1.807, 2.05) is 25.4 Å². The SMILES string of the molecule is CCc1cnccc1C(Cc1nc(C)c(C)s1)NN. The van der Waals surface area contributed by atoms with E-state index in [-0.39, 0.29) is 6.04 Å². The largest absolute Gasteiger partial charge is 0.271 e. The van der Waals surface area contributed by atoms with E-state index in [2.05, 4.69) is 29.2 Å². The smallest absolute Gasteiger partial charge is 0.0950 e. The Kier molecular flexibility index (Phi) is 4.63. The van der Waals surface area contributed by atoms with Crippen LogP contribution in [0.4, 0.5) is 0 Å². The number of thiazole rings is 1. The maximum Gasteiger partial charge on any atom is 0.0950 e. The number of aryl methyl sites for hydroxylation is 3. The third-order valence-corrected chi connectivity index (χ3v) is 4.45. The highest BCUT2D eigenvalue weighted by atomic mass is 32.1. The van der Waals surface area contributed by atoms with Gasteiger partial charge in [-0.05, 0) is 37.5 Å². The Labute approximate surface area is 118 Å². The zero-order valence-electron chi connectivity index (χ0n) is 11.6. The zero-order valence-corrected chi connectivity index (χ0v) is 12.4. The molecule has 0 aliphatic heterocycles. The van der Waals surface area contributed by atoms with Crippen LogP contribution >= 0.6 is 11.3 Å². The highest BCUT2D eigenvalue weighted by Crippen LogP contribution is 2.25. The van der Waals surface area contributed by atoms with Gasteiger partial charge in [0.2, 0.25) is 0 Å². The van der Waals surface area contributed by atoms with Crippen molar-refractivity contribution >= 4 is 11.3 Å². The molecule has 0 saturated heterocycles. The Morgan fingerprint density at radius 2 is 2.21 bits per heavy atom. The predicted octanol–water partition coefficient (Wildman–Crippen LogP) is 2.46. The molecule has 0 aliphatic rings. The standard InChI is InChI=1S/C14H20N4S/c1-4-11-8-16-6-5-12(11)13(18-15)7-14-17-9(2)10(3)19-14/h5-6,8,13,18H,4,7,15H2,1-3H3. The lowest BCUT2D eigenvalue weighted by atomic mass is 9.99. The number of hydrogen-bond acceptors (Lipinski definition) is 5. The van der Waals surface area contributed by atoms with E-state index in [4.69, 9.17) is 5.84 Å². The van der Waals surface area contributed by atoms with Gasteiger partial charge in [-0.2, -0.15) is 0 Å². The molecule has 2 aromatic heterocycles. The van der Waals surface area contributed by atoms with E-state index in [1.54, 1.807) is 11.3 Å². The number of nitrogens with one attached hydrogen (secondary N) is 1. The quantitative estimate of drug-likeness (QED) is 0.650. The van der Waals surface area contributed by atoms with Crippen LogP contribution in [0.15, 0.2) is 18.5 Å². The Hall–Kier alpha value is -1.30. The molecule has 1 atom stereocenters.